The van der Waals surface area contributed by atoms with Gasteiger partial charge in [0, 0.05) is 31.7 Å². The van der Waals surface area contributed by atoms with E-state index in [1.807, 2.05) is 4.90 Å². The molecule has 0 atom stereocenters. The normalized spacial score (nSPS) is 14.9. The van der Waals surface area contributed by atoms with Crippen LogP contribution < -0.4 is 4.90 Å². The molecule has 1 aliphatic heterocycles. The van der Waals surface area contributed by atoms with E-state index in [9.17, 15) is 18.0 Å². The van der Waals surface area contributed by atoms with E-state index >= 15 is 0 Å². The molecule has 0 aromatic heterocycles. The molecule has 0 radical (unpaired) electrons. The molecule has 0 saturated carbocycles. The van der Waals surface area contributed by atoms with E-state index in [0.29, 0.717) is 31.9 Å². The van der Waals surface area contributed by atoms with Crippen LogP contribution in [0.4, 0.5) is 18.9 Å². The van der Waals surface area contributed by atoms with E-state index < -0.39 is 11.6 Å². The van der Waals surface area contributed by atoms with Gasteiger partial charge in [-0.15, -0.1) is 0 Å². The number of benzene rings is 2. The lowest BCUT2D eigenvalue weighted by atomic mass is 10.1. The van der Waals surface area contributed by atoms with Gasteiger partial charge in [0.1, 0.15) is 5.82 Å². The van der Waals surface area contributed by atoms with Crippen molar-refractivity contribution in [3.8, 4) is 0 Å². The summed E-state index contributed by atoms with van der Waals surface area (Å²) in [6.07, 6.45) is 0. The predicted octanol–water partition coefficient (Wildman–Crippen LogP) is 3.07. The Kier molecular flexibility index (Phi) is 4.23. The number of carbonyl (C=O) groups excluding carboxylic acids is 1. The van der Waals surface area contributed by atoms with Crippen molar-refractivity contribution in [1.82, 2.24) is 4.90 Å². The molecule has 3 rings (SSSR count). The minimum absolute atomic E-state index is 0.114. The second-order valence-corrected chi connectivity index (χ2v) is 5.36. The lowest BCUT2D eigenvalue weighted by Crippen LogP contribution is -2.49. The fraction of sp³-hybridized carbons (Fsp3) is 0.235. The highest BCUT2D eigenvalue weighted by Gasteiger charge is 2.24. The first-order chi connectivity index (χ1) is 11.1. The molecule has 0 unspecified atom stereocenters. The topological polar surface area (TPSA) is 23.6 Å². The molecule has 23 heavy (non-hydrogen) atoms. The van der Waals surface area contributed by atoms with Crippen molar-refractivity contribution in [3.05, 3.63) is 65.5 Å². The van der Waals surface area contributed by atoms with Gasteiger partial charge in [-0.3, -0.25) is 4.79 Å². The summed E-state index contributed by atoms with van der Waals surface area (Å²) in [5, 5.41) is 0. The number of para-hydroxylation sites is 1. The minimum atomic E-state index is -1.04. The number of nitrogens with zero attached hydrogens (tertiary/aromatic N) is 2. The Morgan fingerprint density at radius 3 is 2.17 bits per heavy atom. The molecular weight excluding hydrogens is 305 g/mol. The zero-order valence-electron chi connectivity index (χ0n) is 12.3. The summed E-state index contributed by atoms with van der Waals surface area (Å²) in [5.74, 6) is -2.67. The van der Waals surface area contributed by atoms with Crippen LogP contribution in [0.3, 0.4) is 0 Å². The standard InChI is InChI=1S/C17H15F3N2O/c18-13-6-5-12(11-15(13)20)17(23)22-9-7-21(8-10-22)16-4-2-1-3-14(16)19/h1-6,11H,7-10H2. The Labute approximate surface area is 131 Å². The third-order valence-electron chi connectivity index (χ3n) is 3.93. The van der Waals surface area contributed by atoms with Crippen LogP contribution in [0.25, 0.3) is 0 Å². The molecule has 1 heterocycles. The molecular formula is C17H15F3N2O. The number of piperazine rings is 1. The van der Waals surface area contributed by atoms with Crippen LogP contribution in [-0.2, 0) is 0 Å². The summed E-state index contributed by atoms with van der Waals surface area (Å²) >= 11 is 0. The Morgan fingerprint density at radius 2 is 1.52 bits per heavy atom. The summed E-state index contributed by atoms with van der Waals surface area (Å²) in [5.41, 5.74) is 0.621. The fourth-order valence-electron chi connectivity index (χ4n) is 2.67. The van der Waals surface area contributed by atoms with Crippen LogP contribution in [0.1, 0.15) is 10.4 Å². The van der Waals surface area contributed by atoms with Crippen molar-refractivity contribution in [2.24, 2.45) is 0 Å². The first kappa shape index (κ1) is 15.4. The lowest BCUT2D eigenvalue weighted by Gasteiger charge is -2.36. The van der Waals surface area contributed by atoms with Gasteiger partial charge < -0.3 is 9.80 Å². The van der Waals surface area contributed by atoms with Gasteiger partial charge in [-0.05, 0) is 30.3 Å². The zero-order valence-corrected chi connectivity index (χ0v) is 12.3. The maximum Gasteiger partial charge on any atom is 0.254 e. The van der Waals surface area contributed by atoms with E-state index in [2.05, 4.69) is 0 Å². The molecule has 0 bridgehead atoms. The van der Waals surface area contributed by atoms with Crippen LogP contribution in [0, 0.1) is 17.5 Å². The van der Waals surface area contributed by atoms with Crippen LogP contribution in [0.2, 0.25) is 0 Å². The molecule has 1 fully saturated rings. The number of carbonyl (C=O) groups is 1. The van der Waals surface area contributed by atoms with Gasteiger partial charge in [-0.2, -0.15) is 0 Å². The Bertz CT molecular complexity index is 728. The van der Waals surface area contributed by atoms with Gasteiger partial charge in [0.25, 0.3) is 5.91 Å². The number of amides is 1. The summed E-state index contributed by atoms with van der Waals surface area (Å²) in [6, 6.07) is 9.60. The summed E-state index contributed by atoms with van der Waals surface area (Å²) in [6.45, 7) is 1.75. The molecule has 0 N–H and O–H groups in total. The molecule has 0 aliphatic carbocycles. The van der Waals surface area contributed by atoms with E-state index in [-0.39, 0.29) is 17.3 Å². The molecule has 1 amide bonds. The Balaban J connectivity index is 1.68. The van der Waals surface area contributed by atoms with Crippen molar-refractivity contribution < 1.29 is 18.0 Å². The van der Waals surface area contributed by atoms with Gasteiger partial charge in [0.2, 0.25) is 0 Å². The van der Waals surface area contributed by atoms with E-state index in [0.717, 1.165) is 12.1 Å². The minimum Gasteiger partial charge on any atom is -0.366 e. The van der Waals surface area contributed by atoms with Gasteiger partial charge in [0.15, 0.2) is 11.6 Å². The molecule has 1 saturated heterocycles. The maximum absolute atomic E-state index is 13.8. The average molecular weight is 320 g/mol. The highest BCUT2D eigenvalue weighted by atomic mass is 19.2. The number of hydrogen-bond acceptors (Lipinski definition) is 2. The van der Waals surface area contributed by atoms with Gasteiger partial charge in [-0.25, -0.2) is 13.2 Å². The van der Waals surface area contributed by atoms with Crippen molar-refractivity contribution in [3.63, 3.8) is 0 Å². The summed E-state index contributed by atoms with van der Waals surface area (Å²) in [4.78, 5) is 15.7. The Hall–Kier alpha value is -2.50. The highest BCUT2D eigenvalue weighted by molar-refractivity contribution is 5.94. The summed E-state index contributed by atoms with van der Waals surface area (Å²) in [7, 11) is 0. The molecule has 2 aromatic carbocycles. The quantitative estimate of drug-likeness (QED) is 0.849. The predicted molar refractivity (Wildman–Crippen MR) is 80.9 cm³/mol. The largest absolute Gasteiger partial charge is 0.366 e. The molecule has 2 aromatic rings. The third kappa shape index (κ3) is 3.16. The van der Waals surface area contributed by atoms with E-state index in [1.54, 1.807) is 23.1 Å². The number of halogens is 3. The van der Waals surface area contributed by atoms with Gasteiger partial charge in [-0.1, -0.05) is 12.1 Å². The molecule has 1 aliphatic rings. The number of anilines is 1. The molecule has 3 nitrogen and oxygen atoms in total. The first-order valence-corrected chi connectivity index (χ1v) is 7.30. The molecule has 6 heteroatoms. The van der Waals surface area contributed by atoms with Crippen LogP contribution in [0.15, 0.2) is 42.5 Å². The second-order valence-electron chi connectivity index (χ2n) is 5.36. The SMILES string of the molecule is O=C(c1ccc(F)c(F)c1)N1CCN(c2ccccc2F)CC1. The van der Waals surface area contributed by atoms with E-state index in [1.165, 1.54) is 12.1 Å². The molecule has 0 spiro atoms. The highest BCUT2D eigenvalue weighted by Crippen LogP contribution is 2.21. The fourth-order valence-corrected chi connectivity index (χ4v) is 2.67. The first-order valence-electron chi connectivity index (χ1n) is 7.30. The zero-order chi connectivity index (χ0) is 16.4. The van der Waals surface area contributed by atoms with Crippen LogP contribution >= 0.6 is 0 Å². The molecule has 120 valence electrons. The van der Waals surface area contributed by atoms with Crippen molar-refractivity contribution in [2.45, 2.75) is 0 Å². The van der Waals surface area contributed by atoms with E-state index in [4.69, 9.17) is 0 Å². The Morgan fingerprint density at radius 1 is 0.826 bits per heavy atom. The third-order valence-corrected chi connectivity index (χ3v) is 3.93. The monoisotopic (exact) mass is 320 g/mol. The van der Waals surface area contributed by atoms with Gasteiger partial charge in [0.05, 0.1) is 5.69 Å². The van der Waals surface area contributed by atoms with Crippen LogP contribution in [0.5, 0.6) is 0 Å². The smallest absolute Gasteiger partial charge is 0.254 e. The van der Waals surface area contributed by atoms with Crippen LogP contribution in [-0.4, -0.2) is 37.0 Å². The van der Waals surface area contributed by atoms with Gasteiger partial charge >= 0.3 is 0 Å². The van der Waals surface area contributed by atoms with Crippen molar-refractivity contribution >= 4 is 11.6 Å². The maximum atomic E-state index is 13.8. The average Bonchev–Trinajstić information content (AvgIpc) is 2.57. The van der Waals surface area contributed by atoms with Crippen molar-refractivity contribution in [1.29, 1.82) is 0 Å². The number of hydrogen-bond donors (Lipinski definition) is 0. The number of rotatable bonds is 2. The lowest BCUT2D eigenvalue weighted by molar-refractivity contribution is 0.0746. The summed E-state index contributed by atoms with van der Waals surface area (Å²) < 4.78 is 40.0. The van der Waals surface area contributed by atoms with Crippen molar-refractivity contribution in [2.75, 3.05) is 31.1 Å². The second kappa shape index (κ2) is 6.32.